The van der Waals surface area contributed by atoms with E-state index in [1.807, 2.05) is 29.0 Å². The Bertz CT molecular complexity index is 753. The molecular formula is C17H23N5O2S2. The number of amides is 3. The van der Waals surface area contributed by atoms with Gasteiger partial charge in [-0.1, -0.05) is 30.7 Å². The minimum atomic E-state index is -0.449. The van der Waals surface area contributed by atoms with Gasteiger partial charge in [0, 0.05) is 12.6 Å². The van der Waals surface area contributed by atoms with Crippen LogP contribution >= 0.6 is 23.1 Å². The molecule has 3 amide bonds. The van der Waals surface area contributed by atoms with Gasteiger partial charge in [-0.25, -0.2) is 4.79 Å². The number of hydrogen-bond donors (Lipinski definition) is 2. The highest BCUT2D eigenvalue weighted by molar-refractivity contribution is 8.00. The Morgan fingerprint density at radius 2 is 2.15 bits per heavy atom. The molecule has 2 N–H and O–H groups in total. The predicted octanol–water partition coefficient (Wildman–Crippen LogP) is 3.28. The van der Waals surface area contributed by atoms with Crippen molar-refractivity contribution in [3.8, 4) is 10.7 Å². The Labute approximate surface area is 161 Å². The van der Waals surface area contributed by atoms with Crippen LogP contribution < -0.4 is 10.6 Å². The smallest absolute Gasteiger partial charge is 0.321 e. The van der Waals surface area contributed by atoms with E-state index >= 15 is 0 Å². The molecule has 26 heavy (non-hydrogen) atoms. The highest BCUT2D eigenvalue weighted by Crippen LogP contribution is 2.29. The van der Waals surface area contributed by atoms with Gasteiger partial charge in [0.15, 0.2) is 11.0 Å². The first-order chi connectivity index (χ1) is 12.6. The lowest BCUT2D eigenvalue weighted by Gasteiger charge is -2.15. The van der Waals surface area contributed by atoms with Crippen molar-refractivity contribution in [2.45, 2.75) is 62.5 Å². The van der Waals surface area contributed by atoms with E-state index < -0.39 is 11.3 Å². The Morgan fingerprint density at radius 3 is 2.81 bits per heavy atom. The van der Waals surface area contributed by atoms with Crippen LogP contribution in [0.15, 0.2) is 22.7 Å². The van der Waals surface area contributed by atoms with Gasteiger partial charge in [-0.05, 0) is 38.1 Å². The molecule has 140 valence electrons. The number of carbonyl (C=O) groups excluding carboxylic acids is 2. The van der Waals surface area contributed by atoms with Crippen LogP contribution in [-0.2, 0) is 11.3 Å². The first kappa shape index (κ1) is 18.9. The molecule has 0 bridgehead atoms. The summed E-state index contributed by atoms with van der Waals surface area (Å²) in [4.78, 5) is 25.3. The standard InChI is InChI=1S/C17H23N5O2S2/c1-3-22-14(13-9-6-10-25-13)20-21-17(22)26-11(2)15(23)19-16(24)18-12-7-4-5-8-12/h6,9-12H,3-5,7-8H2,1-2H3,(H2,18,19,23,24)/t11-/m1/s1. The summed E-state index contributed by atoms with van der Waals surface area (Å²) in [6.45, 7) is 4.49. The number of urea groups is 1. The number of nitrogens with one attached hydrogen (secondary N) is 2. The zero-order valence-electron chi connectivity index (χ0n) is 14.9. The summed E-state index contributed by atoms with van der Waals surface area (Å²) >= 11 is 2.91. The molecule has 7 nitrogen and oxygen atoms in total. The van der Waals surface area contributed by atoms with Gasteiger partial charge in [0.2, 0.25) is 5.91 Å². The molecule has 2 heterocycles. The molecule has 1 aliphatic rings. The second-order valence-corrected chi connectivity index (χ2v) is 8.49. The highest BCUT2D eigenvalue weighted by atomic mass is 32.2. The minimum Gasteiger partial charge on any atom is -0.335 e. The number of carbonyl (C=O) groups is 2. The second-order valence-electron chi connectivity index (χ2n) is 6.23. The van der Waals surface area contributed by atoms with Crippen LogP contribution in [0, 0.1) is 0 Å². The third-order valence-electron chi connectivity index (χ3n) is 4.35. The molecule has 3 rings (SSSR count). The Morgan fingerprint density at radius 1 is 1.38 bits per heavy atom. The first-order valence-corrected chi connectivity index (χ1v) is 10.6. The predicted molar refractivity (Wildman–Crippen MR) is 103 cm³/mol. The maximum absolute atomic E-state index is 12.3. The quantitative estimate of drug-likeness (QED) is 0.735. The molecule has 2 aromatic heterocycles. The van der Waals surface area contributed by atoms with Crippen molar-refractivity contribution in [2.24, 2.45) is 0 Å². The molecule has 9 heteroatoms. The van der Waals surface area contributed by atoms with Gasteiger partial charge in [-0.15, -0.1) is 21.5 Å². The van der Waals surface area contributed by atoms with Gasteiger partial charge in [0.25, 0.3) is 0 Å². The number of hydrogen-bond acceptors (Lipinski definition) is 6. The Balaban J connectivity index is 1.59. The molecule has 0 spiro atoms. The van der Waals surface area contributed by atoms with E-state index in [0.29, 0.717) is 11.7 Å². The molecule has 1 fully saturated rings. The van der Waals surface area contributed by atoms with E-state index in [1.165, 1.54) is 11.8 Å². The van der Waals surface area contributed by atoms with Crippen LogP contribution in [0.25, 0.3) is 10.7 Å². The minimum absolute atomic E-state index is 0.183. The molecule has 0 radical (unpaired) electrons. The van der Waals surface area contributed by atoms with Crippen LogP contribution in [0.5, 0.6) is 0 Å². The van der Waals surface area contributed by atoms with Crippen molar-refractivity contribution < 1.29 is 9.59 Å². The van der Waals surface area contributed by atoms with Crippen molar-refractivity contribution in [3.05, 3.63) is 17.5 Å². The molecule has 0 unspecified atom stereocenters. The number of thiophene rings is 1. The monoisotopic (exact) mass is 393 g/mol. The summed E-state index contributed by atoms with van der Waals surface area (Å²) in [6.07, 6.45) is 4.23. The molecular weight excluding hydrogens is 370 g/mol. The van der Waals surface area contributed by atoms with Gasteiger partial charge in [-0.3, -0.25) is 10.1 Å². The number of aromatic nitrogens is 3. The summed E-state index contributed by atoms with van der Waals surface area (Å²) in [5, 5.41) is 16.0. The van der Waals surface area contributed by atoms with E-state index in [9.17, 15) is 9.59 Å². The van der Waals surface area contributed by atoms with Gasteiger partial charge in [0.05, 0.1) is 10.1 Å². The van der Waals surface area contributed by atoms with Gasteiger partial charge in [-0.2, -0.15) is 0 Å². The van der Waals surface area contributed by atoms with Crippen molar-refractivity contribution in [3.63, 3.8) is 0 Å². The topological polar surface area (TPSA) is 88.9 Å². The fourth-order valence-electron chi connectivity index (χ4n) is 2.97. The molecule has 0 aliphatic heterocycles. The summed E-state index contributed by atoms with van der Waals surface area (Å²) in [5.74, 6) is 0.477. The van der Waals surface area contributed by atoms with Crippen molar-refractivity contribution >= 4 is 35.0 Å². The van der Waals surface area contributed by atoms with Gasteiger partial charge < -0.3 is 9.88 Å². The zero-order chi connectivity index (χ0) is 18.5. The molecule has 0 saturated heterocycles. The number of nitrogens with zero attached hydrogens (tertiary/aromatic N) is 3. The molecule has 0 aromatic carbocycles. The maximum atomic E-state index is 12.3. The van der Waals surface area contributed by atoms with Crippen LogP contribution in [0.1, 0.15) is 39.5 Å². The fraction of sp³-hybridized carbons (Fsp3) is 0.529. The second kappa shape index (κ2) is 8.68. The summed E-state index contributed by atoms with van der Waals surface area (Å²) in [7, 11) is 0. The van der Waals surface area contributed by atoms with Crippen molar-refractivity contribution in [1.29, 1.82) is 0 Å². The lowest BCUT2D eigenvalue weighted by Crippen LogP contribution is -2.45. The maximum Gasteiger partial charge on any atom is 0.321 e. The number of thioether (sulfide) groups is 1. The van der Waals surface area contributed by atoms with E-state index in [-0.39, 0.29) is 11.9 Å². The van der Waals surface area contributed by atoms with Gasteiger partial charge >= 0.3 is 6.03 Å². The molecule has 1 saturated carbocycles. The summed E-state index contributed by atoms with van der Waals surface area (Å²) < 4.78 is 1.98. The average Bonchev–Trinajstić information content (AvgIpc) is 3.35. The van der Waals surface area contributed by atoms with Crippen LogP contribution in [0.4, 0.5) is 4.79 Å². The van der Waals surface area contributed by atoms with E-state index in [1.54, 1.807) is 18.3 Å². The van der Waals surface area contributed by atoms with E-state index in [4.69, 9.17) is 0 Å². The average molecular weight is 394 g/mol. The van der Waals surface area contributed by atoms with Crippen molar-refractivity contribution in [1.82, 2.24) is 25.4 Å². The van der Waals surface area contributed by atoms with Crippen LogP contribution in [-0.4, -0.2) is 38.0 Å². The third-order valence-corrected chi connectivity index (χ3v) is 6.30. The Hall–Kier alpha value is -1.87. The lowest BCUT2D eigenvalue weighted by molar-refractivity contribution is -0.119. The Kier molecular flexibility index (Phi) is 6.31. The van der Waals surface area contributed by atoms with Crippen molar-refractivity contribution in [2.75, 3.05) is 0 Å². The largest absolute Gasteiger partial charge is 0.335 e. The third kappa shape index (κ3) is 4.45. The normalized spacial score (nSPS) is 15.8. The van der Waals surface area contributed by atoms with Gasteiger partial charge in [0.1, 0.15) is 0 Å². The van der Waals surface area contributed by atoms with E-state index in [2.05, 4.69) is 20.8 Å². The summed E-state index contributed by atoms with van der Waals surface area (Å²) in [5.41, 5.74) is 0. The van der Waals surface area contributed by atoms with Crippen LogP contribution in [0.3, 0.4) is 0 Å². The SMILES string of the molecule is CCn1c(S[C@H](C)C(=O)NC(=O)NC2CCCC2)nnc1-c1cccs1. The number of rotatable bonds is 6. The molecule has 1 aliphatic carbocycles. The zero-order valence-corrected chi connectivity index (χ0v) is 16.5. The highest BCUT2D eigenvalue weighted by Gasteiger charge is 2.23. The fourth-order valence-corrected chi connectivity index (χ4v) is 4.60. The lowest BCUT2D eigenvalue weighted by atomic mass is 10.2. The first-order valence-electron chi connectivity index (χ1n) is 8.83. The van der Waals surface area contributed by atoms with E-state index in [0.717, 1.165) is 36.4 Å². The summed E-state index contributed by atoms with van der Waals surface area (Å²) in [6, 6.07) is 3.74. The number of imide groups is 1. The van der Waals surface area contributed by atoms with Crippen LogP contribution in [0.2, 0.25) is 0 Å². The molecule has 1 atom stereocenters. The molecule has 2 aromatic rings.